The van der Waals surface area contributed by atoms with E-state index < -0.39 is 0 Å². The molecule has 0 aromatic heterocycles. The smallest absolute Gasteiger partial charge is 0.223 e. The van der Waals surface area contributed by atoms with Crippen molar-refractivity contribution in [3.8, 4) is 0 Å². The van der Waals surface area contributed by atoms with Crippen LogP contribution in [0, 0.1) is 0 Å². The highest BCUT2D eigenvalue weighted by molar-refractivity contribution is 5.92. The minimum atomic E-state index is 0.0347. The van der Waals surface area contributed by atoms with Gasteiger partial charge in [-0.25, -0.2) is 0 Å². The van der Waals surface area contributed by atoms with Crippen molar-refractivity contribution in [1.29, 1.82) is 0 Å². The summed E-state index contributed by atoms with van der Waals surface area (Å²) in [6.45, 7) is 4.55. The van der Waals surface area contributed by atoms with Crippen molar-refractivity contribution in [3.63, 3.8) is 0 Å². The predicted molar refractivity (Wildman–Crippen MR) is 96.3 cm³/mol. The summed E-state index contributed by atoms with van der Waals surface area (Å²) in [7, 11) is 0. The number of carbonyl (C=O) groups is 1. The number of nitrogens with one attached hydrogen (secondary N) is 1. The molecule has 1 aliphatic rings. The van der Waals surface area contributed by atoms with E-state index >= 15 is 0 Å². The number of nitrogens with zero attached hydrogens (tertiary/aromatic N) is 1. The summed E-state index contributed by atoms with van der Waals surface area (Å²) in [6.07, 6.45) is 0.845. The van der Waals surface area contributed by atoms with Gasteiger partial charge in [0.1, 0.15) is 0 Å². The molecule has 0 bridgehead atoms. The Kier molecular flexibility index (Phi) is 5.62. The van der Waals surface area contributed by atoms with Crippen LogP contribution in [0.15, 0.2) is 54.6 Å². The van der Waals surface area contributed by atoms with Gasteiger partial charge in [0.15, 0.2) is 0 Å². The molecule has 126 valence electrons. The van der Waals surface area contributed by atoms with E-state index in [-0.39, 0.29) is 12.0 Å². The molecule has 4 heteroatoms. The average molecular weight is 324 g/mol. The Morgan fingerprint density at radius 1 is 1.17 bits per heavy atom. The van der Waals surface area contributed by atoms with Crippen LogP contribution in [0.25, 0.3) is 0 Å². The van der Waals surface area contributed by atoms with E-state index in [0.29, 0.717) is 13.2 Å². The second-order valence-electron chi connectivity index (χ2n) is 6.12. The third-order valence-electron chi connectivity index (χ3n) is 4.29. The lowest BCUT2D eigenvalue weighted by Crippen LogP contribution is -2.46. The number of carbonyl (C=O) groups excluding carboxylic acids is 1. The van der Waals surface area contributed by atoms with Crippen molar-refractivity contribution in [2.24, 2.45) is 0 Å². The fourth-order valence-corrected chi connectivity index (χ4v) is 3.08. The fraction of sp³-hybridized carbons (Fsp3) is 0.350. The van der Waals surface area contributed by atoms with Crippen LogP contribution in [-0.4, -0.2) is 38.3 Å². The van der Waals surface area contributed by atoms with Crippen LogP contribution < -0.4 is 10.2 Å². The minimum absolute atomic E-state index is 0.0347. The second kappa shape index (κ2) is 8.08. The van der Waals surface area contributed by atoms with Gasteiger partial charge in [-0.3, -0.25) is 4.79 Å². The van der Waals surface area contributed by atoms with Gasteiger partial charge in [-0.1, -0.05) is 48.5 Å². The van der Waals surface area contributed by atoms with Gasteiger partial charge in [0.2, 0.25) is 5.91 Å². The Morgan fingerprint density at radius 2 is 1.92 bits per heavy atom. The molecule has 1 amide bonds. The van der Waals surface area contributed by atoms with E-state index in [4.69, 9.17) is 4.74 Å². The molecule has 1 heterocycles. The summed E-state index contributed by atoms with van der Waals surface area (Å²) in [5, 5.41) is 3.32. The molecule has 0 radical (unpaired) electrons. The Hall–Kier alpha value is -2.17. The molecule has 1 fully saturated rings. The van der Waals surface area contributed by atoms with Gasteiger partial charge in [-0.15, -0.1) is 0 Å². The van der Waals surface area contributed by atoms with Gasteiger partial charge < -0.3 is 15.0 Å². The number of amides is 1. The second-order valence-corrected chi connectivity index (χ2v) is 6.12. The molecule has 24 heavy (non-hydrogen) atoms. The zero-order valence-electron chi connectivity index (χ0n) is 14.1. The summed E-state index contributed by atoms with van der Waals surface area (Å²) in [4.78, 5) is 14.1. The number of para-hydroxylation sites is 1. The van der Waals surface area contributed by atoms with Crippen LogP contribution in [-0.2, 0) is 16.0 Å². The Labute approximate surface area is 143 Å². The van der Waals surface area contributed by atoms with E-state index in [1.54, 1.807) is 6.92 Å². The molecule has 0 saturated carbocycles. The lowest BCUT2D eigenvalue weighted by atomic mass is 10.0. The molecule has 3 rings (SSSR count). The molecular formula is C20H24N2O2. The van der Waals surface area contributed by atoms with Gasteiger partial charge in [-0.05, 0) is 23.6 Å². The average Bonchev–Trinajstić information content (AvgIpc) is 2.62. The molecular weight excluding hydrogens is 300 g/mol. The van der Waals surface area contributed by atoms with E-state index in [9.17, 15) is 4.79 Å². The fourth-order valence-electron chi connectivity index (χ4n) is 3.08. The van der Waals surface area contributed by atoms with Gasteiger partial charge >= 0.3 is 0 Å². The first-order valence-electron chi connectivity index (χ1n) is 8.46. The quantitative estimate of drug-likeness (QED) is 0.919. The standard InChI is InChI=1S/C20H24N2O2/c1-16(23)22(15-19-14-21-11-12-24-19)20-10-6-5-9-18(20)13-17-7-3-2-4-8-17/h2-10,19,21H,11-15H2,1H3. The van der Waals surface area contributed by atoms with E-state index in [0.717, 1.165) is 30.8 Å². The van der Waals surface area contributed by atoms with Gasteiger partial charge in [0.05, 0.1) is 19.3 Å². The van der Waals surface area contributed by atoms with Crippen molar-refractivity contribution < 1.29 is 9.53 Å². The largest absolute Gasteiger partial charge is 0.374 e. The summed E-state index contributed by atoms with van der Waals surface area (Å²) >= 11 is 0. The highest BCUT2D eigenvalue weighted by Gasteiger charge is 2.22. The molecule has 2 aromatic rings. The monoisotopic (exact) mass is 324 g/mol. The topological polar surface area (TPSA) is 41.6 Å². The van der Waals surface area contributed by atoms with Crippen molar-refractivity contribution in [1.82, 2.24) is 5.32 Å². The third-order valence-corrected chi connectivity index (χ3v) is 4.29. The summed E-state index contributed by atoms with van der Waals surface area (Å²) in [5.41, 5.74) is 3.37. The van der Waals surface area contributed by atoms with Crippen molar-refractivity contribution in [2.45, 2.75) is 19.4 Å². The Balaban J connectivity index is 1.83. The molecule has 0 aliphatic carbocycles. The molecule has 0 spiro atoms. The maximum Gasteiger partial charge on any atom is 0.223 e. The maximum atomic E-state index is 12.3. The zero-order chi connectivity index (χ0) is 16.8. The zero-order valence-corrected chi connectivity index (χ0v) is 14.1. The lowest BCUT2D eigenvalue weighted by Gasteiger charge is -2.31. The summed E-state index contributed by atoms with van der Waals surface area (Å²) < 4.78 is 5.78. The highest BCUT2D eigenvalue weighted by Crippen LogP contribution is 2.24. The van der Waals surface area contributed by atoms with Crippen LogP contribution in [0.2, 0.25) is 0 Å². The SMILES string of the molecule is CC(=O)N(CC1CNCCO1)c1ccccc1Cc1ccccc1. The van der Waals surface area contributed by atoms with Gasteiger partial charge in [0.25, 0.3) is 0 Å². The van der Waals surface area contributed by atoms with Crippen LogP contribution in [0.5, 0.6) is 0 Å². The van der Waals surface area contributed by atoms with Crippen molar-refractivity contribution in [2.75, 3.05) is 31.1 Å². The lowest BCUT2D eigenvalue weighted by molar-refractivity contribution is -0.117. The summed E-state index contributed by atoms with van der Waals surface area (Å²) in [5.74, 6) is 0.0460. The molecule has 1 unspecified atom stereocenters. The maximum absolute atomic E-state index is 12.3. The van der Waals surface area contributed by atoms with E-state index in [1.165, 1.54) is 5.56 Å². The molecule has 1 saturated heterocycles. The van der Waals surface area contributed by atoms with Gasteiger partial charge in [0, 0.05) is 25.7 Å². The number of benzene rings is 2. The van der Waals surface area contributed by atoms with Crippen LogP contribution in [0.3, 0.4) is 0 Å². The van der Waals surface area contributed by atoms with E-state index in [1.807, 2.05) is 41.3 Å². The molecule has 2 aromatic carbocycles. The first-order valence-corrected chi connectivity index (χ1v) is 8.46. The van der Waals surface area contributed by atoms with Crippen molar-refractivity contribution >= 4 is 11.6 Å². The number of anilines is 1. The number of morpholine rings is 1. The Bertz CT molecular complexity index is 666. The number of hydrogen-bond donors (Lipinski definition) is 1. The minimum Gasteiger partial charge on any atom is -0.374 e. The Morgan fingerprint density at radius 3 is 2.62 bits per heavy atom. The van der Waals surface area contributed by atoms with E-state index in [2.05, 4.69) is 23.5 Å². The number of rotatable bonds is 5. The van der Waals surface area contributed by atoms with Crippen LogP contribution >= 0.6 is 0 Å². The number of ether oxygens (including phenoxy) is 1. The summed E-state index contributed by atoms with van der Waals surface area (Å²) in [6, 6.07) is 18.5. The van der Waals surface area contributed by atoms with Crippen molar-refractivity contribution in [3.05, 3.63) is 65.7 Å². The normalized spacial score (nSPS) is 17.5. The highest BCUT2D eigenvalue weighted by atomic mass is 16.5. The van der Waals surface area contributed by atoms with Crippen LogP contribution in [0.4, 0.5) is 5.69 Å². The van der Waals surface area contributed by atoms with Crippen LogP contribution in [0.1, 0.15) is 18.1 Å². The first kappa shape index (κ1) is 16.7. The molecule has 1 aliphatic heterocycles. The molecule has 4 nitrogen and oxygen atoms in total. The third kappa shape index (κ3) is 4.22. The van der Waals surface area contributed by atoms with Gasteiger partial charge in [-0.2, -0.15) is 0 Å². The predicted octanol–water partition coefficient (Wildman–Crippen LogP) is 2.62. The first-order chi connectivity index (χ1) is 11.7. The number of hydrogen-bond acceptors (Lipinski definition) is 3. The molecule has 1 atom stereocenters. The molecule has 1 N–H and O–H groups in total.